The Kier molecular flexibility index (Phi) is 6.59. The van der Waals surface area contributed by atoms with Crippen LogP contribution in [-0.4, -0.2) is 20.9 Å². The van der Waals surface area contributed by atoms with Crippen LogP contribution < -0.4 is 15.8 Å². The van der Waals surface area contributed by atoms with Crippen molar-refractivity contribution >= 4 is 34.4 Å². The first-order valence-corrected chi connectivity index (χ1v) is 10.7. The number of aromatic nitrogens is 3. The monoisotopic (exact) mass is 439 g/mol. The molecule has 0 saturated carbocycles. The van der Waals surface area contributed by atoms with E-state index in [0.717, 1.165) is 39.2 Å². The highest BCUT2D eigenvalue weighted by atomic mass is 16.5. The molecule has 0 aliphatic carbocycles. The Bertz CT molecular complexity index is 1320. The van der Waals surface area contributed by atoms with Crippen LogP contribution in [-0.2, 0) is 4.79 Å². The Labute approximate surface area is 192 Å². The van der Waals surface area contributed by atoms with Gasteiger partial charge in [0, 0.05) is 23.2 Å². The van der Waals surface area contributed by atoms with E-state index in [9.17, 15) is 4.79 Å². The van der Waals surface area contributed by atoms with Crippen LogP contribution in [0.4, 0.5) is 11.5 Å². The normalized spacial score (nSPS) is 11.1. The Morgan fingerprint density at radius 1 is 1.06 bits per heavy atom. The Balaban J connectivity index is 1.54. The number of carbonyl (C=O) groups excluding carboxylic acids is 1. The molecule has 0 unspecified atom stereocenters. The topological polar surface area (TPSA) is 103 Å². The number of ether oxygens (including phenoxy) is 1. The quantitative estimate of drug-likeness (QED) is 0.378. The van der Waals surface area contributed by atoms with E-state index in [0.29, 0.717) is 24.4 Å². The number of hydrogen-bond donors (Lipinski definition) is 2. The summed E-state index contributed by atoms with van der Waals surface area (Å²) in [6.07, 6.45) is 8.11. The zero-order valence-electron chi connectivity index (χ0n) is 18.6. The molecule has 0 radical (unpaired) electrons. The van der Waals surface area contributed by atoms with Gasteiger partial charge in [0.1, 0.15) is 23.6 Å². The summed E-state index contributed by atoms with van der Waals surface area (Å²) in [5.74, 6) is 1.87. The molecule has 2 aromatic carbocycles. The third kappa shape index (κ3) is 5.71. The molecule has 7 heteroatoms. The first-order valence-electron chi connectivity index (χ1n) is 10.7. The van der Waals surface area contributed by atoms with Gasteiger partial charge < -0.3 is 15.8 Å². The fraction of sp³-hybridized carbons (Fsp3) is 0.154. The molecule has 33 heavy (non-hydrogen) atoms. The zero-order chi connectivity index (χ0) is 23.2. The Morgan fingerprint density at radius 2 is 1.94 bits per heavy atom. The lowest BCUT2D eigenvalue weighted by atomic mass is 10.1. The van der Waals surface area contributed by atoms with Crippen molar-refractivity contribution in [2.75, 3.05) is 5.32 Å². The van der Waals surface area contributed by atoms with Crippen molar-refractivity contribution in [2.24, 2.45) is 5.73 Å². The van der Waals surface area contributed by atoms with Gasteiger partial charge in [-0.2, -0.15) is 0 Å². The van der Waals surface area contributed by atoms with E-state index in [-0.39, 0.29) is 5.91 Å². The van der Waals surface area contributed by atoms with E-state index in [1.807, 2.05) is 74.5 Å². The lowest BCUT2D eigenvalue weighted by Crippen LogP contribution is -2.08. The van der Waals surface area contributed by atoms with E-state index in [1.165, 1.54) is 0 Å². The second-order valence-electron chi connectivity index (χ2n) is 7.75. The number of nitrogens with two attached hydrogens (primary N) is 1. The average molecular weight is 440 g/mol. The maximum absolute atomic E-state index is 10.9. The molecule has 0 aliphatic rings. The summed E-state index contributed by atoms with van der Waals surface area (Å²) >= 11 is 0. The predicted molar refractivity (Wildman–Crippen MR) is 131 cm³/mol. The standard InChI is InChI=1S/C26H25N5O2/c1-17-13-20(9-12-24(17)33-21-10-7-18(2)28-15-21)31-26-22-14-19(5-3-4-6-25(27)32)8-11-23(22)29-16-30-26/h3,5,7-16H,4,6H2,1-2H3,(H2,27,32)(H,29,30,31). The zero-order valence-corrected chi connectivity index (χ0v) is 18.6. The van der Waals surface area contributed by atoms with Crippen LogP contribution in [0.5, 0.6) is 11.5 Å². The summed E-state index contributed by atoms with van der Waals surface area (Å²) < 4.78 is 5.96. The van der Waals surface area contributed by atoms with Crippen molar-refractivity contribution in [3.05, 3.63) is 84.0 Å². The second kappa shape index (κ2) is 9.91. The number of benzene rings is 2. The molecule has 0 spiro atoms. The highest BCUT2D eigenvalue weighted by Crippen LogP contribution is 2.30. The molecule has 0 saturated heterocycles. The van der Waals surface area contributed by atoms with Gasteiger partial charge in [-0.25, -0.2) is 9.97 Å². The Hall–Kier alpha value is -4.26. The third-order valence-electron chi connectivity index (χ3n) is 5.08. The minimum Gasteiger partial charge on any atom is -0.455 e. The summed E-state index contributed by atoms with van der Waals surface area (Å²) in [4.78, 5) is 24.0. The molecular weight excluding hydrogens is 414 g/mol. The third-order valence-corrected chi connectivity index (χ3v) is 5.08. The number of carbonyl (C=O) groups is 1. The van der Waals surface area contributed by atoms with Crippen LogP contribution in [0.15, 0.2) is 67.1 Å². The fourth-order valence-corrected chi connectivity index (χ4v) is 3.34. The first-order chi connectivity index (χ1) is 16.0. The van der Waals surface area contributed by atoms with E-state index in [4.69, 9.17) is 10.5 Å². The maximum Gasteiger partial charge on any atom is 0.217 e. The van der Waals surface area contributed by atoms with Gasteiger partial charge in [-0.3, -0.25) is 9.78 Å². The molecule has 4 rings (SSSR count). The Morgan fingerprint density at radius 3 is 2.70 bits per heavy atom. The fourth-order valence-electron chi connectivity index (χ4n) is 3.34. The molecule has 7 nitrogen and oxygen atoms in total. The lowest BCUT2D eigenvalue weighted by Gasteiger charge is -2.12. The number of rotatable bonds is 8. The number of allylic oxidation sites excluding steroid dienone is 1. The maximum atomic E-state index is 10.9. The van der Waals surface area contributed by atoms with E-state index in [1.54, 1.807) is 12.5 Å². The van der Waals surface area contributed by atoms with Crippen LogP contribution in [0.3, 0.4) is 0 Å². The molecule has 2 heterocycles. The minimum atomic E-state index is -0.305. The highest BCUT2D eigenvalue weighted by Gasteiger charge is 2.08. The number of amides is 1. The van der Waals surface area contributed by atoms with Crippen LogP contribution in [0, 0.1) is 13.8 Å². The molecule has 0 bridgehead atoms. The molecule has 3 N–H and O–H groups in total. The van der Waals surface area contributed by atoms with Gasteiger partial charge in [-0.05, 0) is 73.9 Å². The lowest BCUT2D eigenvalue weighted by molar-refractivity contribution is -0.117. The number of nitrogens with one attached hydrogen (secondary N) is 1. The molecule has 1 amide bonds. The minimum absolute atomic E-state index is 0.305. The number of fused-ring (bicyclic) bond motifs is 1. The van der Waals surface area contributed by atoms with Crippen molar-refractivity contribution in [3.8, 4) is 11.5 Å². The predicted octanol–water partition coefficient (Wildman–Crippen LogP) is 5.46. The number of nitrogens with zero attached hydrogens (tertiary/aromatic N) is 3. The van der Waals surface area contributed by atoms with Crippen molar-refractivity contribution in [1.82, 2.24) is 15.0 Å². The van der Waals surface area contributed by atoms with Gasteiger partial charge in [0.15, 0.2) is 0 Å². The van der Waals surface area contributed by atoms with E-state index >= 15 is 0 Å². The molecular formula is C26H25N5O2. The largest absolute Gasteiger partial charge is 0.455 e. The van der Waals surface area contributed by atoms with Crippen molar-refractivity contribution < 1.29 is 9.53 Å². The van der Waals surface area contributed by atoms with Gasteiger partial charge in [0.2, 0.25) is 5.91 Å². The number of hydrogen-bond acceptors (Lipinski definition) is 6. The molecule has 4 aromatic rings. The molecule has 166 valence electrons. The van der Waals surface area contributed by atoms with Gasteiger partial charge in [-0.1, -0.05) is 18.2 Å². The highest BCUT2D eigenvalue weighted by molar-refractivity contribution is 5.92. The van der Waals surface area contributed by atoms with E-state index in [2.05, 4.69) is 20.3 Å². The summed E-state index contributed by atoms with van der Waals surface area (Å²) in [6.45, 7) is 3.94. The molecule has 0 fully saturated rings. The van der Waals surface area contributed by atoms with E-state index < -0.39 is 0 Å². The number of primary amides is 1. The summed E-state index contributed by atoms with van der Waals surface area (Å²) in [7, 11) is 0. The second-order valence-corrected chi connectivity index (χ2v) is 7.75. The first kappa shape index (κ1) is 22.0. The van der Waals surface area contributed by atoms with Crippen LogP contribution in [0.25, 0.3) is 17.0 Å². The van der Waals surface area contributed by atoms with Crippen LogP contribution >= 0.6 is 0 Å². The van der Waals surface area contributed by atoms with Crippen molar-refractivity contribution in [3.63, 3.8) is 0 Å². The van der Waals surface area contributed by atoms with Gasteiger partial charge >= 0.3 is 0 Å². The summed E-state index contributed by atoms with van der Waals surface area (Å²) in [5, 5.41) is 4.29. The number of aryl methyl sites for hydroxylation is 2. The average Bonchev–Trinajstić information content (AvgIpc) is 2.80. The number of pyridine rings is 1. The van der Waals surface area contributed by atoms with Crippen LogP contribution in [0.2, 0.25) is 0 Å². The SMILES string of the molecule is Cc1ccc(Oc2ccc(Nc3ncnc4ccc(C=CCCC(N)=O)cc34)cc2C)cn1. The molecule has 0 aliphatic heterocycles. The smallest absolute Gasteiger partial charge is 0.217 e. The number of anilines is 2. The van der Waals surface area contributed by atoms with Crippen LogP contribution in [0.1, 0.15) is 29.7 Å². The van der Waals surface area contributed by atoms with Crippen molar-refractivity contribution in [2.45, 2.75) is 26.7 Å². The van der Waals surface area contributed by atoms with Gasteiger partial charge in [0.25, 0.3) is 0 Å². The van der Waals surface area contributed by atoms with Gasteiger partial charge in [0.05, 0.1) is 11.7 Å². The summed E-state index contributed by atoms with van der Waals surface area (Å²) in [5.41, 5.74) is 9.85. The molecule has 2 aromatic heterocycles. The van der Waals surface area contributed by atoms with Crippen molar-refractivity contribution in [1.29, 1.82) is 0 Å². The summed E-state index contributed by atoms with van der Waals surface area (Å²) in [6, 6.07) is 15.7. The van der Waals surface area contributed by atoms with Gasteiger partial charge in [-0.15, -0.1) is 0 Å². The molecule has 0 atom stereocenters.